The molecule has 5 heteroatoms. The summed E-state index contributed by atoms with van der Waals surface area (Å²) in [5, 5.41) is 0. The van der Waals surface area contributed by atoms with Crippen molar-refractivity contribution in [3.8, 4) is 6.01 Å². The Kier molecular flexibility index (Phi) is 1.43. The van der Waals surface area contributed by atoms with Crippen molar-refractivity contribution in [3.63, 3.8) is 0 Å². The van der Waals surface area contributed by atoms with E-state index in [1.54, 1.807) is 18.8 Å². The van der Waals surface area contributed by atoms with Crippen LogP contribution in [0.25, 0.3) is 10.3 Å². The summed E-state index contributed by atoms with van der Waals surface area (Å²) in [4.78, 5) is 12.9. The average Bonchev–Trinajstić information content (AvgIpc) is 2.50. The molecule has 2 heterocycles. The van der Waals surface area contributed by atoms with Crippen molar-refractivity contribution in [3.05, 3.63) is 11.7 Å². The van der Waals surface area contributed by atoms with E-state index in [2.05, 4.69) is 15.0 Å². The van der Waals surface area contributed by atoms with Gasteiger partial charge in [0.25, 0.3) is 0 Å². The Labute approximate surface area is 66.9 Å². The van der Waals surface area contributed by atoms with Crippen molar-refractivity contribution in [1.82, 2.24) is 15.0 Å². The van der Waals surface area contributed by atoms with E-state index in [0.29, 0.717) is 6.01 Å². The van der Waals surface area contributed by atoms with E-state index < -0.39 is 0 Å². The first-order valence-corrected chi connectivity index (χ1v) is 3.88. The number of nitrogens with zero attached hydrogens (tertiary/aromatic N) is 3. The van der Waals surface area contributed by atoms with Crippen LogP contribution >= 0.6 is 11.3 Å². The van der Waals surface area contributed by atoms with E-state index in [-0.39, 0.29) is 0 Å². The maximum atomic E-state index is 4.85. The minimum absolute atomic E-state index is 0.391. The number of fused-ring (bicyclic) bond motifs is 1. The quantitative estimate of drug-likeness (QED) is 0.638. The fraction of sp³-hybridized carbons (Fsp3) is 0.167. The molecule has 0 aromatic carbocycles. The molecule has 0 atom stereocenters. The maximum Gasteiger partial charge on any atom is 0.317 e. The molecule has 2 aromatic heterocycles. The number of hydrogen-bond acceptors (Lipinski definition) is 5. The molecule has 0 N–H and O–H groups in total. The van der Waals surface area contributed by atoms with Gasteiger partial charge in [-0.05, 0) is 0 Å². The molecule has 4 nitrogen and oxygen atoms in total. The van der Waals surface area contributed by atoms with Gasteiger partial charge in [-0.1, -0.05) is 0 Å². The zero-order valence-electron chi connectivity index (χ0n) is 5.81. The smallest absolute Gasteiger partial charge is 0.317 e. The van der Waals surface area contributed by atoms with E-state index in [4.69, 9.17) is 4.74 Å². The fourth-order valence-corrected chi connectivity index (χ4v) is 1.37. The molecule has 0 aliphatic heterocycles. The van der Waals surface area contributed by atoms with Crippen molar-refractivity contribution in [2.75, 3.05) is 7.11 Å². The summed E-state index contributed by atoms with van der Waals surface area (Å²) >= 11 is 1.47. The number of ether oxygens (including phenoxy) is 1. The molecule has 2 rings (SSSR count). The van der Waals surface area contributed by atoms with Crippen molar-refractivity contribution in [2.45, 2.75) is 0 Å². The molecule has 0 fully saturated rings. The van der Waals surface area contributed by atoms with Crippen LogP contribution in [0.2, 0.25) is 0 Å². The van der Waals surface area contributed by atoms with Crippen LogP contribution in [-0.4, -0.2) is 22.1 Å². The Morgan fingerprint density at radius 1 is 1.45 bits per heavy atom. The summed E-state index contributed by atoms with van der Waals surface area (Å²) in [6.45, 7) is 0. The molecule has 0 aliphatic rings. The minimum Gasteiger partial charge on any atom is -0.467 e. The summed E-state index contributed by atoms with van der Waals surface area (Å²) < 4.78 is 4.85. The molecule has 0 aliphatic carbocycles. The molecule has 2 aromatic rings. The standard InChI is InChI=1S/C6H5N3OS/c1-10-6-7-2-4-5(9-6)11-3-8-4/h2-3H,1H3. The fourth-order valence-electron chi connectivity index (χ4n) is 0.751. The van der Waals surface area contributed by atoms with Gasteiger partial charge < -0.3 is 4.74 Å². The Morgan fingerprint density at radius 3 is 3.18 bits per heavy atom. The first-order chi connectivity index (χ1) is 5.40. The molecule has 0 unspecified atom stereocenters. The number of methoxy groups -OCH3 is 1. The monoisotopic (exact) mass is 167 g/mol. The molecule has 11 heavy (non-hydrogen) atoms. The topological polar surface area (TPSA) is 47.9 Å². The van der Waals surface area contributed by atoms with Gasteiger partial charge in [-0.2, -0.15) is 4.98 Å². The first-order valence-electron chi connectivity index (χ1n) is 3.00. The summed E-state index contributed by atoms with van der Waals surface area (Å²) in [5.41, 5.74) is 2.55. The zero-order valence-corrected chi connectivity index (χ0v) is 6.63. The second kappa shape index (κ2) is 2.43. The molecule has 0 saturated carbocycles. The van der Waals surface area contributed by atoms with Crippen LogP contribution in [0.5, 0.6) is 6.01 Å². The number of hydrogen-bond donors (Lipinski definition) is 0. The summed E-state index contributed by atoms with van der Waals surface area (Å²) in [7, 11) is 1.54. The lowest BCUT2D eigenvalue weighted by atomic mass is 10.6. The average molecular weight is 167 g/mol. The molecule has 56 valence electrons. The van der Waals surface area contributed by atoms with Crippen molar-refractivity contribution in [2.24, 2.45) is 0 Å². The Morgan fingerprint density at radius 2 is 2.36 bits per heavy atom. The molecular formula is C6H5N3OS. The van der Waals surface area contributed by atoms with Crippen molar-refractivity contribution < 1.29 is 4.74 Å². The van der Waals surface area contributed by atoms with Crippen LogP contribution in [0.15, 0.2) is 11.7 Å². The predicted molar refractivity (Wildman–Crippen MR) is 41.8 cm³/mol. The highest BCUT2D eigenvalue weighted by atomic mass is 32.1. The largest absolute Gasteiger partial charge is 0.467 e. The van der Waals surface area contributed by atoms with Crippen LogP contribution in [-0.2, 0) is 0 Å². The minimum atomic E-state index is 0.391. The van der Waals surface area contributed by atoms with Gasteiger partial charge in [0.15, 0.2) is 4.83 Å². The lowest BCUT2D eigenvalue weighted by Crippen LogP contribution is -1.89. The summed E-state index contributed by atoms with van der Waals surface area (Å²) in [6.07, 6.45) is 1.65. The molecular weight excluding hydrogens is 162 g/mol. The third-order valence-corrected chi connectivity index (χ3v) is 1.99. The zero-order chi connectivity index (χ0) is 7.68. The molecule has 0 amide bonds. The third-order valence-electron chi connectivity index (χ3n) is 1.25. The van der Waals surface area contributed by atoms with Crippen molar-refractivity contribution in [1.29, 1.82) is 0 Å². The van der Waals surface area contributed by atoms with Crippen LogP contribution in [0.1, 0.15) is 0 Å². The SMILES string of the molecule is COc1ncc2ncsc2n1. The predicted octanol–water partition coefficient (Wildman–Crippen LogP) is 1.09. The van der Waals surface area contributed by atoms with Gasteiger partial charge in [-0.3, -0.25) is 0 Å². The number of thiazole rings is 1. The second-order valence-electron chi connectivity index (χ2n) is 1.90. The van der Waals surface area contributed by atoms with Gasteiger partial charge >= 0.3 is 6.01 Å². The van der Waals surface area contributed by atoms with Crippen molar-refractivity contribution >= 4 is 21.7 Å². The van der Waals surface area contributed by atoms with E-state index in [1.165, 1.54) is 11.3 Å². The highest BCUT2D eigenvalue weighted by molar-refractivity contribution is 7.16. The third kappa shape index (κ3) is 1.03. The van der Waals surface area contributed by atoms with Crippen LogP contribution in [0.4, 0.5) is 0 Å². The van der Waals surface area contributed by atoms with Gasteiger partial charge in [0.1, 0.15) is 5.52 Å². The van der Waals surface area contributed by atoms with Crippen LogP contribution in [0.3, 0.4) is 0 Å². The summed E-state index contributed by atoms with van der Waals surface area (Å²) in [5.74, 6) is 0. The summed E-state index contributed by atoms with van der Waals surface area (Å²) in [6, 6.07) is 0.391. The van der Waals surface area contributed by atoms with E-state index in [1.807, 2.05) is 0 Å². The normalized spacial score (nSPS) is 10.3. The lowest BCUT2D eigenvalue weighted by Gasteiger charge is -1.93. The van der Waals surface area contributed by atoms with Gasteiger partial charge in [0.2, 0.25) is 0 Å². The van der Waals surface area contributed by atoms with E-state index in [0.717, 1.165) is 10.3 Å². The van der Waals surface area contributed by atoms with Gasteiger partial charge in [0.05, 0.1) is 18.8 Å². The highest BCUT2D eigenvalue weighted by Gasteiger charge is 1.99. The highest BCUT2D eigenvalue weighted by Crippen LogP contribution is 2.15. The molecule has 0 bridgehead atoms. The first kappa shape index (κ1) is 6.48. The Bertz CT molecular complexity index is 373. The molecule has 0 spiro atoms. The number of rotatable bonds is 1. The maximum absolute atomic E-state index is 4.85. The Hall–Kier alpha value is -1.23. The second-order valence-corrected chi connectivity index (χ2v) is 2.73. The molecule has 0 radical (unpaired) electrons. The van der Waals surface area contributed by atoms with E-state index >= 15 is 0 Å². The van der Waals surface area contributed by atoms with Gasteiger partial charge in [0, 0.05) is 0 Å². The van der Waals surface area contributed by atoms with E-state index in [9.17, 15) is 0 Å². The lowest BCUT2D eigenvalue weighted by molar-refractivity contribution is 0.382. The molecule has 0 saturated heterocycles. The van der Waals surface area contributed by atoms with Crippen LogP contribution < -0.4 is 4.74 Å². The number of aromatic nitrogens is 3. The van der Waals surface area contributed by atoms with Gasteiger partial charge in [-0.25, -0.2) is 9.97 Å². The van der Waals surface area contributed by atoms with Crippen LogP contribution in [0, 0.1) is 0 Å². The van der Waals surface area contributed by atoms with Gasteiger partial charge in [-0.15, -0.1) is 11.3 Å². The Balaban J connectivity index is 2.67.